The first-order valence-electron chi connectivity index (χ1n) is 5.12. The Bertz CT molecular complexity index is 450. The number of aryl methyl sites for hydroxylation is 1. The molecule has 0 atom stereocenters. The zero-order chi connectivity index (χ0) is 11.4. The highest BCUT2D eigenvalue weighted by molar-refractivity contribution is 5.40. The van der Waals surface area contributed by atoms with E-state index in [4.69, 9.17) is 4.52 Å². The molecule has 0 aliphatic rings. The van der Waals surface area contributed by atoms with E-state index in [9.17, 15) is 0 Å². The molecule has 6 nitrogen and oxygen atoms in total. The molecular formula is C10H13N5O. The third kappa shape index (κ3) is 2.40. The predicted molar refractivity (Wildman–Crippen MR) is 57.4 cm³/mol. The molecule has 2 heterocycles. The van der Waals surface area contributed by atoms with Crippen LogP contribution in [0.2, 0.25) is 0 Å². The van der Waals surface area contributed by atoms with Crippen LogP contribution in [0.1, 0.15) is 18.4 Å². The lowest BCUT2D eigenvalue weighted by Gasteiger charge is -1.93. The van der Waals surface area contributed by atoms with Crippen LogP contribution in [0.5, 0.6) is 0 Å². The molecule has 0 saturated carbocycles. The summed E-state index contributed by atoms with van der Waals surface area (Å²) in [5.74, 6) is 1.45. The molecule has 84 valence electrons. The van der Waals surface area contributed by atoms with Gasteiger partial charge in [0.25, 0.3) is 0 Å². The largest absolute Gasteiger partial charge is 0.337 e. The molecule has 1 N–H and O–H groups in total. The molecule has 0 fully saturated rings. The Kier molecular flexibility index (Phi) is 3.21. The maximum absolute atomic E-state index is 5.05. The summed E-state index contributed by atoms with van der Waals surface area (Å²) in [5, 5.41) is 6.92. The molecule has 2 rings (SSSR count). The Balaban J connectivity index is 2.15. The van der Waals surface area contributed by atoms with Gasteiger partial charge in [0.05, 0.1) is 6.54 Å². The van der Waals surface area contributed by atoms with Crippen molar-refractivity contribution in [3.05, 3.63) is 23.8 Å². The van der Waals surface area contributed by atoms with Crippen LogP contribution >= 0.6 is 0 Å². The van der Waals surface area contributed by atoms with Crippen molar-refractivity contribution in [2.24, 2.45) is 0 Å². The van der Waals surface area contributed by atoms with E-state index in [0.29, 0.717) is 24.1 Å². The predicted octanol–water partition coefficient (Wildman–Crippen LogP) is 0.945. The summed E-state index contributed by atoms with van der Waals surface area (Å²) < 4.78 is 5.05. The van der Waals surface area contributed by atoms with Crippen LogP contribution in [0, 0.1) is 6.92 Å². The molecule has 0 spiro atoms. The van der Waals surface area contributed by atoms with Crippen molar-refractivity contribution in [2.45, 2.75) is 20.4 Å². The molecule has 2 aromatic heterocycles. The lowest BCUT2D eigenvalue weighted by Crippen LogP contribution is -2.11. The lowest BCUT2D eigenvalue weighted by molar-refractivity contribution is 0.369. The fourth-order valence-corrected chi connectivity index (χ4v) is 1.16. The molecule has 0 bridgehead atoms. The summed E-state index contributed by atoms with van der Waals surface area (Å²) in [7, 11) is 0. The summed E-state index contributed by atoms with van der Waals surface area (Å²) in [6, 6.07) is 0. The van der Waals surface area contributed by atoms with Crippen LogP contribution < -0.4 is 5.32 Å². The number of hydrogen-bond donors (Lipinski definition) is 1. The van der Waals surface area contributed by atoms with Gasteiger partial charge < -0.3 is 9.84 Å². The summed E-state index contributed by atoms with van der Waals surface area (Å²) >= 11 is 0. The van der Waals surface area contributed by atoms with E-state index < -0.39 is 0 Å². The van der Waals surface area contributed by atoms with Gasteiger partial charge in [-0.15, -0.1) is 0 Å². The third-order valence-electron chi connectivity index (χ3n) is 1.98. The van der Waals surface area contributed by atoms with Gasteiger partial charge in [-0.05, 0) is 19.0 Å². The molecule has 0 aliphatic heterocycles. The molecule has 0 unspecified atom stereocenters. The minimum absolute atomic E-state index is 0.424. The van der Waals surface area contributed by atoms with Crippen molar-refractivity contribution in [3.63, 3.8) is 0 Å². The molecule has 0 aliphatic carbocycles. The Labute approximate surface area is 93.1 Å². The summed E-state index contributed by atoms with van der Waals surface area (Å²) in [5.41, 5.74) is 1.00. The molecule has 0 amide bonds. The normalized spacial score (nSPS) is 10.6. The van der Waals surface area contributed by atoms with Crippen LogP contribution in [0.25, 0.3) is 11.6 Å². The highest BCUT2D eigenvalue weighted by atomic mass is 16.5. The number of nitrogens with zero attached hydrogens (tertiary/aromatic N) is 4. The van der Waals surface area contributed by atoms with E-state index in [0.717, 1.165) is 12.1 Å². The van der Waals surface area contributed by atoms with E-state index in [1.54, 1.807) is 12.4 Å². The quantitative estimate of drug-likeness (QED) is 0.824. The van der Waals surface area contributed by atoms with Gasteiger partial charge in [0, 0.05) is 12.4 Å². The van der Waals surface area contributed by atoms with Gasteiger partial charge in [0.1, 0.15) is 0 Å². The second-order valence-corrected chi connectivity index (χ2v) is 3.38. The van der Waals surface area contributed by atoms with Crippen molar-refractivity contribution in [2.75, 3.05) is 6.54 Å². The first kappa shape index (κ1) is 10.7. The monoisotopic (exact) mass is 219 g/mol. The molecule has 6 heteroatoms. The van der Waals surface area contributed by atoms with Crippen molar-refractivity contribution in [3.8, 4) is 11.6 Å². The molecule has 2 aromatic rings. The van der Waals surface area contributed by atoms with Crippen LogP contribution in [0.3, 0.4) is 0 Å². The van der Waals surface area contributed by atoms with Gasteiger partial charge in [-0.25, -0.2) is 9.97 Å². The van der Waals surface area contributed by atoms with E-state index in [-0.39, 0.29) is 0 Å². The second-order valence-electron chi connectivity index (χ2n) is 3.38. The van der Waals surface area contributed by atoms with Gasteiger partial charge in [0.2, 0.25) is 17.5 Å². The van der Waals surface area contributed by atoms with Crippen molar-refractivity contribution < 1.29 is 4.52 Å². The van der Waals surface area contributed by atoms with E-state index in [2.05, 4.69) is 25.4 Å². The maximum Gasteiger partial charge on any atom is 0.241 e. The standard InChI is InChI=1S/C10H13N5O/c1-3-11-6-8-14-10(15-16-8)9-12-4-7(2)5-13-9/h4-5,11H,3,6H2,1-2H3. The van der Waals surface area contributed by atoms with Crippen LogP contribution in [0.15, 0.2) is 16.9 Å². The van der Waals surface area contributed by atoms with E-state index in [1.807, 2.05) is 13.8 Å². The first-order chi connectivity index (χ1) is 7.79. The van der Waals surface area contributed by atoms with Gasteiger partial charge in [-0.3, -0.25) is 0 Å². The topological polar surface area (TPSA) is 76.7 Å². The third-order valence-corrected chi connectivity index (χ3v) is 1.98. The fourth-order valence-electron chi connectivity index (χ4n) is 1.16. The summed E-state index contributed by atoms with van der Waals surface area (Å²) in [6.07, 6.45) is 3.45. The van der Waals surface area contributed by atoms with Crippen molar-refractivity contribution in [1.29, 1.82) is 0 Å². The van der Waals surface area contributed by atoms with Crippen LogP contribution in [-0.2, 0) is 6.54 Å². The minimum Gasteiger partial charge on any atom is -0.337 e. The van der Waals surface area contributed by atoms with Crippen molar-refractivity contribution >= 4 is 0 Å². The highest BCUT2D eigenvalue weighted by Gasteiger charge is 2.09. The fraction of sp³-hybridized carbons (Fsp3) is 0.400. The van der Waals surface area contributed by atoms with Crippen LogP contribution in [0.4, 0.5) is 0 Å². The average Bonchev–Trinajstić information content (AvgIpc) is 2.76. The average molecular weight is 219 g/mol. The lowest BCUT2D eigenvalue weighted by atomic mass is 10.4. The molecule has 0 aromatic carbocycles. The number of aromatic nitrogens is 4. The second kappa shape index (κ2) is 4.80. The maximum atomic E-state index is 5.05. The molecule has 0 radical (unpaired) electrons. The number of rotatable bonds is 4. The SMILES string of the molecule is CCNCc1nc(-c2ncc(C)cn2)no1. The first-order valence-corrected chi connectivity index (χ1v) is 5.12. The van der Waals surface area contributed by atoms with Gasteiger partial charge in [0.15, 0.2) is 0 Å². The Hall–Kier alpha value is -1.82. The van der Waals surface area contributed by atoms with E-state index >= 15 is 0 Å². The van der Waals surface area contributed by atoms with Crippen molar-refractivity contribution in [1.82, 2.24) is 25.4 Å². The Morgan fingerprint density at radius 1 is 1.25 bits per heavy atom. The molecule has 16 heavy (non-hydrogen) atoms. The van der Waals surface area contributed by atoms with E-state index in [1.165, 1.54) is 0 Å². The van der Waals surface area contributed by atoms with Gasteiger partial charge in [-0.2, -0.15) is 4.98 Å². The zero-order valence-electron chi connectivity index (χ0n) is 9.27. The van der Waals surface area contributed by atoms with Crippen LogP contribution in [-0.4, -0.2) is 26.7 Å². The highest BCUT2D eigenvalue weighted by Crippen LogP contribution is 2.09. The molecular weight excluding hydrogens is 206 g/mol. The Morgan fingerprint density at radius 3 is 2.69 bits per heavy atom. The number of nitrogens with one attached hydrogen (secondary N) is 1. The van der Waals surface area contributed by atoms with Gasteiger partial charge in [-0.1, -0.05) is 12.1 Å². The summed E-state index contributed by atoms with van der Waals surface area (Å²) in [6.45, 7) is 5.37. The molecule has 0 saturated heterocycles. The summed E-state index contributed by atoms with van der Waals surface area (Å²) in [4.78, 5) is 12.4. The smallest absolute Gasteiger partial charge is 0.241 e. The zero-order valence-corrected chi connectivity index (χ0v) is 9.27. The minimum atomic E-state index is 0.424. The van der Waals surface area contributed by atoms with Gasteiger partial charge >= 0.3 is 0 Å². The Morgan fingerprint density at radius 2 is 2.00 bits per heavy atom. The number of hydrogen-bond acceptors (Lipinski definition) is 6.